The first-order valence-corrected chi connectivity index (χ1v) is 8.64. The van der Waals surface area contributed by atoms with Gasteiger partial charge in [-0.15, -0.1) is 11.8 Å². The van der Waals surface area contributed by atoms with Gasteiger partial charge < -0.3 is 5.32 Å². The van der Waals surface area contributed by atoms with E-state index in [0.29, 0.717) is 17.7 Å². The molecule has 1 N–H and O–H groups in total. The van der Waals surface area contributed by atoms with Crippen LogP contribution in [0.25, 0.3) is 0 Å². The lowest BCUT2D eigenvalue weighted by Crippen LogP contribution is -2.13. The van der Waals surface area contributed by atoms with Gasteiger partial charge in [-0.2, -0.15) is 0 Å². The number of anilines is 1. The zero-order valence-electron chi connectivity index (χ0n) is 13.5. The molecule has 0 saturated carbocycles. The van der Waals surface area contributed by atoms with Crippen LogP contribution in [0.1, 0.15) is 35.7 Å². The number of aryl methyl sites for hydroxylation is 1. The summed E-state index contributed by atoms with van der Waals surface area (Å²) in [7, 11) is 0. The van der Waals surface area contributed by atoms with Gasteiger partial charge in [-0.25, -0.2) is 0 Å². The van der Waals surface area contributed by atoms with Crippen molar-refractivity contribution in [2.45, 2.75) is 31.6 Å². The highest BCUT2D eigenvalue weighted by Gasteiger charge is 2.09. The molecule has 2 aromatic carbocycles. The van der Waals surface area contributed by atoms with Crippen LogP contribution in [0.2, 0.25) is 0 Å². The van der Waals surface area contributed by atoms with Crippen LogP contribution in [0.4, 0.5) is 5.69 Å². The zero-order valence-corrected chi connectivity index (χ0v) is 14.3. The van der Waals surface area contributed by atoms with Crippen molar-refractivity contribution >= 4 is 29.1 Å². The van der Waals surface area contributed by atoms with Gasteiger partial charge in [0.25, 0.3) is 0 Å². The summed E-state index contributed by atoms with van der Waals surface area (Å²) in [5.74, 6) is 0.796. The van der Waals surface area contributed by atoms with Gasteiger partial charge in [0.15, 0.2) is 5.78 Å². The van der Waals surface area contributed by atoms with Crippen molar-refractivity contribution in [2.75, 3.05) is 11.1 Å². The number of amides is 1. The van der Waals surface area contributed by atoms with Gasteiger partial charge in [0.2, 0.25) is 5.91 Å². The Morgan fingerprint density at radius 1 is 1.04 bits per heavy atom. The van der Waals surface area contributed by atoms with E-state index in [2.05, 4.69) is 36.5 Å². The first-order chi connectivity index (χ1) is 11.1. The van der Waals surface area contributed by atoms with Gasteiger partial charge in [-0.1, -0.05) is 29.8 Å². The number of thioether (sulfide) groups is 1. The molecule has 0 bridgehead atoms. The van der Waals surface area contributed by atoms with Crippen LogP contribution < -0.4 is 5.32 Å². The third-order valence-corrected chi connectivity index (χ3v) is 4.52. The first-order valence-electron chi connectivity index (χ1n) is 7.65. The second-order valence-corrected chi connectivity index (χ2v) is 6.58. The first kappa shape index (κ1) is 17.3. The van der Waals surface area contributed by atoms with Crippen LogP contribution in [0, 0.1) is 6.92 Å². The number of hydrogen-bond donors (Lipinski definition) is 1. The molecule has 3 nitrogen and oxygen atoms in total. The van der Waals surface area contributed by atoms with Crippen LogP contribution in [0.15, 0.2) is 53.4 Å². The van der Waals surface area contributed by atoms with Crippen molar-refractivity contribution in [2.24, 2.45) is 0 Å². The van der Waals surface area contributed by atoms with E-state index in [9.17, 15) is 9.59 Å². The molecule has 0 aliphatic heterocycles. The standard InChI is InChI=1S/C19H21NO2S/c1-14-9-11-16(12-10-14)23-13-5-8-19(22)20-18-7-4-3-6-17(18)15(2)21/h3-4,6-7,9-12H,5,8,13H2,1-2H3,(H,20,22). The molecule has 2 aromatic rings. The van der Waals surface area contributed by atoms with Gasteiger partial charge in [0.05, 0.1) is 5.69 Å². The molecule has 1 amide bonds. The second kappa shape index (κ2) is 8.53. The minimum atomic E-state index is -0.0526. The van der Waals surface area contributed by atoms with Crippen LogP contribution in [0.3, 0.4) is 0 Å². The molecule has 0 heterocycles. The van der Waals surface area contributed by atoms with Gasteiger partial charge in [0.1, 0.15) is 0 Å². The minimum absolute atomic E-state index is 0.0455. The van der Waals surface area contributed by atoms with E-state index in [0.717, 1.165) is 12.2 Å². The van der Waals surface area contributed by atoms with Crippen LogP contribution in [-0.2, 0) is 4.79 Å². The van der Waals surface area contributed by atoms with E-state index < -0.39 is 0 Å². The van der Waals surface area contributed by atoms with Crippen LogP contribution >= 0.6 is 11.8 Å². The van der Waals surface area contributed by atoms with Crippen molar-refractivity contribution in [3.8, 4) is 0 Å². The van der Waals surface area contributed by atoms with E-state index >= 15 is 0 Å². The Morgan fingerprint density at radius 2 is 1.74 bits per heavy atom. The Bertz CT molecular complexity index is 680. The number of para-hydroxylation sites is 1. The molecule has 0 aromatic heterocycles. The number of benzene rings is 2. The monoisotopic (exact) mass is 327 g/mol. The Balaban J connectivity index is 1.77. The molecule has 0 aliphatic carbocycles. The smallest absolute Gasteiger partial charge is 0.224 e. The lowest BCUT2D eigenvalue weighted by molar-refractivity contribution is -0.116. The largest absolute Gasteiger partial charge is 0.325 e. The summed E-state index contributed by atoms with van der Waals surface area (Å²) in [6.45, 7) is 3.57. The van der Waals surface area contributed by atoms with Crippen molar-refractivity contribution in [1.82, 2.24) is 0 Å². The maximum atomic E-state index is 12.0. The Morgan fingerprint density at radius 3 is 2.43 bits per heavy atom. The Labute approximate surface area is 141 Å². The lowest BCUT2D eigenvalue weighted by Gasteiger charge is -2.09. The molecular formula is C19H21NO2S. The summed E-state index contributed by atoms with van der Waals surface area (Å²) in [6.07, 6.45) is 1.25. The van der Waals surface area contributed by atoms with Gasteiger partial charge in [0, 0.05) is 16.9 Å². The predicted octanol–water partition coefficient (Wildman–Crippen LogP) is 4.71. The minimum Gasteiger partial charge on any atom is -0.325 e. The summed E-state index contributed by atoms with van der Waals surface area (Å²) in [6, 6.07) is 15.5. The summed E-state index contributed by atoms with van der Waals surface area (Å²) in [5.41, 5.74) is 2.39. The predicted molar refractivity (Wildman–Crippen MR) is 96.2 cm³/mol. The molecule has 0 fully saturated rings. The SMILES string of the molecule is CC(=O)c1ccccc1NC(=O)CCCSc1ccc(C)cc1. The van der Waals surface area contributed by atoms with Crippen molar-refractivity contribution in [1.29, 1.82) is 0 Å². The van der Waals surface area contributed by atoms with Crippen molar-refractivity contribution in [3.63, 3.8) is 0 Å². The molecule has 0 radical (unpaired) electrons. The maximum absolute atomic E-state index is 12.0. The number of ketones is 1. The highest BCUT2D eigenvalue weighted by Crippen LogP contribution is 2.20. The molecule has 4 heteroatoms. The Hall–Kier alpha value is -2.07. The third kappa shape index (κ3) is 5.57. The summed E-state index contributed by atoms with van der Waals surface area (Å²) in [4.78, 5) is 24.8. The topological polar surface area (TPSA) is 46.2 Å². The average molecular weight is 327 g/mol. The number of rotatable bonds is 7. The number of carbonyl (C=O) groups is 2. The van der Waals surface area contributed by atoms with Gasteiger partial charge in [-0.05, 0) is 50.3 Å². The number of nitrogens with one attached hydrogen (secondary N) is 1. The van der Waals surface area contributed by atoms with Gasteiger partial charge >= 0.3 is 0 Å². The van der Waals surface area contributed by atoms with Crippen LogP contribution in [-0.4, -0.2) is 17.4 Å². The second-order valence-electron chi connectivity index (χ2n) is 5.42. The maximum Gasteiger partial charge on any atom is 0.224 e. The molecule has 2 rings (SSSR count). The quantitative estimate of drug-likeness (QED) is 0.455. The fraction of sp³-hybridized carbons (Fsp3) is 0.263. The van der Waals surface area contributed by atoms with Crippen molar-refractivity contribution < 1.29 is 9.59 Å². The van der Waals surface area contributed by atoms with Crippen molar-refractivity contribution in [3.05, 3.63) is 59.7 Å². The average Bonchev–Trinajstić information content (AvgIpc) is 2.53. The van der Waals surface area contributed by atoms with E-state index in [4.69, 9.17) is 0 Å². The molecule has 23 heavy (non-hydrogen) atoms. The van der Waals surface area contributed by atoms with E-state index in [1.165, 1.54) is 17.4 Å². The highest BCUT2D eigenvalue weighted by atomic mass is 32.2. The Kier molecular flexibility index (Phi) is 6.41. The van der Waals surface area contributed by atoms with E-state index in [-0.39, 0.29) is 11.7 Å². The molecule has 0 saturated heterocycles. The van der Waals surface area contributed by atoms with Gasteiger partial charge in [-0.3, -0.25) is 9.59 Å². The number of Topliss-reactive ketones (excluding diaryl/α,β-unsaturated/α-hetero) is 1. The van der Waals surface area contributed by atoms with Crippen LogP contribution in [0.5, 0.6) is 0 Å². The fourth-order valence-electron chi connectivity index (χ4n) is 2.17. The summed E-state index contributed by atoms with van der Waals surface area (Å²) >= 11 is 1.75. The lowest BCUT2D eigenvalue weighted by atomic mass is 10.1. The van der Waals surface area contributed by atoms with E-state index in [1.54, 1.807) is 30.0 Å². The molecule has 120 valence electrons. The van der Waals surface area contributed by atoms with E-state index in [1.807, 2.05) is 6.07 Å². The molecular weight excluding hydrogens is 306 g/mol. The summed E-state index contributed by atoms with van der Waals surface area (Å²) in [5, 5.41) is 2.83. The number of hydrogen-bond acceptors (Lipinski definition) is 3. The molecule has 0 unspecified atom stereocenters. The molecule has 0 spiro atoms. The third-order valence-electron chi connectivity index (χ3n) is 3.42. The number of carbonyl (C=O) groups excluding carboxylic acids is 2. The molecule has 0 atom stereocenters. The zero-order chi connectivity index (χ0) is 16.7. The fourth-order valence-corrected chi connectivity index (χ4v) is 3.02. The highest BCUT2D eigenvalue weighted by molar-refractivity contribution is 7.99. The normalized spacial score (nSPS) is 10.3. The molecule has 0 aliphatic rings. The summed E-state index contributed by atoms with van der Waals surface area (Å²) < 4.78 is 0.